The Hall–Kier alpha value is -0.470. The maximum Gasteiger partial charge on any atom is 0.252 e. The van der Waals surface area contributed by atoms with Crippen LogP contribution in [-0.2, 0) is 16.4 Å². The zero-order chi connectivity index (χ0) is 14.9. The summed E-state index contributed by atoms with van der Waals surface area (Å²) in [6.45, 7) is 5.53. The van der Waals surface area contributed by atoms with Crippen LogP contribution in [0.1, 0.15) is 22.4 Å². The van der Waals surface area contributed by atoms with Crippen molar-refractivity contribution in [1.82, 2.24) is 9.71 Å². The van der Waals surface area contributed by atoms with Gasteiger partial charge in [-0.1, -0.05) is 22.9 Å². The number of aromatic nitrogens is 1. The number of thiophene rings is 1. The third-order valence-corrected chi connectivity index (χ3v) is 7.12. The normalized spacial score (nSPS) is 13.6. The van der Waals surface area contributed by atoms with Gasteiger partial charge in [-0.3, -0.25) is 0 Å². The Morgan fingerprint density at radius 2 is 2.05 bits per heavy atom. The van der Waals surface area contributed by atoms with Gasteiger partial charge in [-0.25, -0.2) is 18.1 Å². The number of rotatable bonds is 5. The number of thiazole rings is 1. The third-order valence-electron chi connectivity index (χ3n) is 2.63. The summed E-state index contributed by atoms with van der Waals surface area (Å²) in [5, 5.41) is 0. The first kappa shape index (κ1) is 15.9. The highest BCUT2D eigenvalue weighted by Crippen LogP contribution is 2.27. The number of nitrogens with zero attached hydrogens (tertiary/aromatic N) is 1. The molecule has 2 rings (SSSR count). The SMILES string of the molecule is Cc1ccc(CC(C)NS(=O)(=O)c2sc(Cl)nc2C)s1. The van der Waals surface area contributed by atoms with Crippen LogP contribution in [-0.4, -0.2) is 19.4 Å². The number of nitrogens with one attached hydrogen (secondary N) is 1. The fourth-order valence-electron chi connectivity index (χ4n) is 1.86. The third kappa shape index (κ3) is 3.79. The summed E-state index contributed by atoms with van der Waals surface area (Å²) >= 11 is 8.42. The van der Waals surface area contributed by atoms with E-state index in [0.717, 1.165) is 16.2 Å². The van der Waals surface area contributed by atoms with E-state index in [-0.39, 0.29) is 14.7 Å². The topological polar surface area (TPSA) is 59.1 Å². The lowest BCUT2D eigenvalue weighted by atomic mass is 10.2. The van der Waals surface area contributed by atoms with Gasteiger partial charge in [-0.2, -0.15) is 0 Å². The zero-order valence-electron chi connectivity index (χ0n) is 11.3. The van der Waals surface area contributed by atoms with Crippen LogP contribution in [0.15, 0.2) is 16.3 Å². The van der Waals surface area contributed by atoms with Gasteiger partial charge < -0.3 is 0 Å². The number of halogens is 1. The lowest BCUT2D eigenvalue weighted by molar-refractivity contribution is 0.562. The number of sulfonamides is 1. The molecule has 0 bridgehead atoms. The van der Waals surface area contributed by atoms with Crippen molar-refractivity contribution in [3.05, 3.63) is 32.0 Å². The number of aryl methyl sites for hydroxylation is 2. The van der Waals surface area contributed by atoms with Crippen molar-refractivity contribution in [1.29, 1.82) is 0 Å². The molecule has 0 aliphatic rings. The van der Waals surface area contributed by atoms with Gasteiger partial charge in [0.1, 0.15) is 0 Å². The molecule has 20 heavy (non-hydrogen) atoms. The van der Waals surface area contributed by atoms with E-state index in [1.807, 2.05) is 26.0 Å². The fourth-order valence-corrected chi connectivity index (χ4v) is 5.87. The molecule has 0 amide bonds. The molecule has 1 unspecified atom stereocenters. The summed E-state index contributed by atoms with van der Waals surface area (Å²) in [4.78, 5) is 6.32. The van der Waals surface area contributed by atoms with Gasteiger partial charge >= 0.3 is 0 Å². The minimum absolute atomic E-state index is 0.182. The second-order valence-corrected chi connectivity index (χ2v) is 9.44. The van der Waals surface area contributed by atoms with Crippen molar-refractivity contribution < 1.29 is 8.42 Å². The predicted octanol–water partition coefficient (Wildman–Crippen LogP) is 3.38. The molecule has 1 atom stereocenters. The zero-order valence-corrected chi connectivity index (χ0v) is 14.5. The van der Waals surface area contributed by atoms with Gasteiger partial charge in [-0.15, -0.1) is 11.3 Å². The quantitative estimate of drug-likeness (QED) is 0.899. The fraction of sp³-hybridized carbons (Fsp3) is 0.417. The molecule has 0 spiro atoms. The first-order valence-electron chi connectivity index (χ1n) is 5.98. The molecule has 0 saturated heterocycles. The van der Waals surface area contributed by atoms with Crippen LogP contribution in [0.3, 0.4) is 0 Å². The van der Waals surface area contributed by atoms with E-state index in [2.05, 4.69) is 9.71 Å². The van der Waals surface area contributed by atoms with Crippen LogP contribution < -0.4 is 4.72 Å². The van der Waals surface area contributed by atoms with E-state index in [9.17, 15) is 8.42 Å². The number of hydrogen-bond donors (Lipinski definition) is 1. The highest BCUT2D eigenvalue weighted by atomic mass is 35.5. The molecule has 4 nitrogen and oxygen atoms in total. The molecule has 0 fully saturated rings. The van der Waals surface area contributed by atoms with Gasteiger partial charge in [-0.05, 0) is 39.3 Å². The summed E-state index contributed by atoms with van der Waals surface area (Å²) in [6.07, 6.45) is 0.670. The van der Waals surface area contributed by atoms with Crippen molar-refractivity contribution in [3.8, 4) is 0 Å². The Morgan fingerprint density at radius 1 is 1.35 bits per heavy atom. The van der Waals surface area contributed by atoms with E-state index in [0.29, 0.717) is 12.1 Å². The molecule has 110 valence electrons. The van der Waals surface area contributed by atoms with Gasteiger partial charge in [0.25, 0.3) is 10.0 Å². The highest BCUT2D eigenvalue weighted by molar-refractivity contribution is 7.91. The highest BCUT2D eigenvalue weighted by Gasteiger charge is 2.23. The molecular weight excluding hydrogens is 336 g/mol. The van der Waals surface area contributed by atoms with E-state index >= 15 is 0 Å². The molecule has 0 aliphatic carbocycles. The van der Waals surface area contributed by atoms with Crippen LogP contribution in [0.5, 0.6) is 0 Å². The lowest BCUT2D eigenvalue weighted by Crippen LogP contribution is -2.33. The molecule has 8 heteroatoms. The Bertz CT molecular complexity index is 706. The van der Waals surface area contributed by atoms with Gasteiger partial charge in [0.15, 0.2) is 8.68 Å². The molecule has 0 radical (unpaired) electrons. The summed E-state index contributed by atoms with van der Waals surface area (Å²) in [7, 11) is -3.56. The predicted molar refractivity (Wildman–Crippen MR) is 84.4 cm³/mol. The molecule has 0 aromatic carbocycles. The van der Waals surface area contributed by atoms with Crippen molar-refractivity contribution in [3.63, 3.8) is 0 Å². The van der Waals surface area contributed by atoms with Crippen LogP contribution in [0, 0.1) is 13.8 Å². The molecular formula is C12H15ClN2O2S3. The van der Waals surface area contributed by atoms with E-state index in [4.69, 9.17) is 11.6 Å². The standard InChI is InChI=1S/C12H15ClN2O2S3/c1-7(6-10-5-4-8(2)18-10)15-20(16,17)11-9(3)14-12(13)19-11/h4-5,7,15H,6H2,1-3H3. The average Bonchev–Trinajstić information content (AvgIpc) is 2.84. The van der Waals surface area contributed by atoms with Crippen molar-refractivity contribution in [2.75, 3.05) is 0 Å². The second-order valence-electron chi connectivity index (χ2n) is 4.58. The Morgan fingerprint density at radius 3 is 2.55 bits per heavy atom. The van der Waals surface area contributed by atoms with E-state index in [1.54, 1.807) is 18.3 Å². The first-order valence-corrected chi connectivity index (χ1v) is 9.48. The Balaban J connectivity index is 2.10. The molecule has 2 aromatic heterocycles. The minimum atomic E-state index is -3.56. The van der Waals surface area contributed by atoms with Crippen molar-refractivity contribution in [2.45, 2.75) is 37.4 Å². The van der Waals surface area contributed by atoms with Crippen molar-refractivity contribution >= 4 is 44.3 Å². The summed E-state index contributed by atoms with van der Waals surface area (Å²) in [5.74, 6) is 0. The maximum absolute atomic E-state index is 12.3. The first-order chi connectivity index (χ1) is 9.28. The van der Waals surface area contributed by atoms with E-state index in [1.165, 1.54) is 4.88 Å². The molecule has 0 aliphatic heterocycles. The minimum Gasteiger partial charge on any atom is -0.229 e. The largest absolute Gasteiger partial charge is 0.252 e. The summed E-state index contributed by atoms with van der Waals surface area (Å²) < 4.78 is 27.7. The van der Waals surface area contributed by atoms with Crippen LogP contribution in [0.4, 0.5) is 0 Å². The smallest absolute Gasteiger partial charge is 0.229 e. The summed E-state index contributed by atoms with van der Waals surface area (Å²) in [6, 6.07) is 3.88. The molecule has 1 N–H and O–H groups in total. The van der Waals surface area contributed by atoms with Crippen molar-refractivity contribution in [2.24, 2.45) is 0 Å². The average molecular weight is 351 g/mol. The van der Waals surface area contributed by atoms with Crippen LogP contribution >= 0.6 is 34.3 Å². The van der Waals surface area contributed by atoms with Crippen LogP contribution in [0.2, 0.25) is 4.47 Å². The second kappa shape index (κ2) is 6.11. The maximum atomic E-state index is 12.3. The number of hydrogen-bond acceptors (Lipinski definition) is 5. The Labute approximate surface area is 131 Å². The van der Waals surface area contributed by atoms with Gasteiger partial charge in [0, 0.05) is 15.8 Å². The Kier molecular flexibility index (Phi) is 4.86. The molecule has 2 heterocycles. The van der Waals surface area contributed by atoms with E-state index < -0.39 is 10.0 Å². The molecule has 2 aromatic rings. The van der Waals surface area contributed by atoms with Gasteiger partial charge in [0.2, 0.25) is 0 Å². The molecule has 0 saturated carbocycles. The summed E-state index contributed by atoms with van der Waals surface area (Å²) in [5.41, 5.74) is 0.437. The van der Waals surface area contributed by atoms with Crippen LogP contribution in [0.25, 0.3) is 0 Å². The monoisotopic (exact) mass is 350 g/mol. The lowest BCUT2D eigenvalue weighted by Gasteiger charge is -2.12. The van der Waals surface area contributed by atoms with Gasteiger partial charge in [0.05, 0.1) is 5.69 Å².